The van der Waals surface area contributed by atoms with Gasteiger partial charge in [0.2, 0.25) is 12.6 Å². The highest BCUT2D eigenvalue weighted by atomic mass is 16.7. The molecule has 0 fully saturated rings. The van der Waals surface area contributed by atoms with Crippen molar-refractivity contribution in [3.05, 3.63) is 12.0 Å². The standard InChI is InChI=1S/C6H6O2/c1-2-3-6-4-7-5-8-6/h4H,5H2,1H3. The fraction of sp³-hybridized carbons (Fsp3) is 0.333. The first-order valence-corrected chi connectivity index (χ1v) is 2.31. The average molecular weight is 110 g/mol. The minimum Gasteiger partial charge on any atom is -0.460 e. The third-order valence-electron chi connectivity index (χ3n) is 0.721. The van der Waals surface area contributed by atoms with Gasteiger partial charge in [-0.05, 0) is 12.8 Å². The molecule has 8 heavy (non-hydrogen) atoms. The molecule has 0 bridgehead atoms. The Balaban J connectivity index is 2.53. The van der Waals surface area contributed by atoms with Gasteiger partial charge in [0.05, 0.1) is 0 Å². The molecule has 0 aromatic rings. The van der Waals surface area contributed by atoms with Crippen molar-refractivity contribution in [1.82, 2.24) is 0 Å². The van der Waals surface area contributed by atoms with Gasteiger partial charge in [-0.1, -0.05) is 5.92 Å². The molecule has 2 nitrogen and oxygen atoms in total. The van der Waals surface area contributed by atoms with E-state index in [1.165, 1.54) is 6.26 Å². The van der Waals surface area contributed by atoms with Gasteiger partial charge >= 0.3 is 0 Å². The van der Waals surface area contributed by atoms with Crippen LogP contribution in [-0.4, -0.2) is 6.79 Å². The van der Waals surface area contributed by atoms with Crippen LogP contribution in [0.5, 0.6) is 0 Å². The van der Waals surface area contributed by atoms with Crippen LogP contribution in [0.2, 0.25) is 0 Å². The van der Waals surface area contributed by atoms with Gasteiger partial charge in [-0.15, -0.1) is 0 Å². The van der Waals surface area contributed by atoms with E-state index in [9.17, 15) is 0 Å². The normalized spacial score (nSPS) is 14.9. The number of allylic oxidation sites excluding steroid dienone is 1. The predicted octanol–water partition coefficient (Wildman–Crippen LogP) is 0.855. The second-order valence-electron chi connectivity index (χ2n) is 1.29. The maximum Gasteiger partial charge on any atom is 0.231 e. The lowest BCUT2D eigenvalue weighted by atomic mass is 10.5. The molecule has 1 aliphatic heterocycles. The van der Waals surface area contributed by atoms with Crippen LogP contribution in [-0.2, 0) is 9.47 Å². The molecular weight excluding hydrogens is 104 g/mol. The first-order valence-electron chi connectivity index (χ1n) is 2.31. The van der Waals surface area contributed by atoms with E-state index in [0.717, 1.165) is 0 Å². The van der Waals surface area contributed by atoms with Crippen LogP contribution in [0.25, 0.3) is 0 Å². The van der Waals surface area contributed by atoms with Crippen LogP contribution in [0.3, 0.4) is 0 Å². The molecule has 1 rings (SSSR count). The first kappa shape index (κ1) is 5.04. The zero-order chi connectivity index (χ0) is 5.82. The molecule has 1 aliphatic rings. The highest BCUT2D eigenvalue weighted by Crippen LogP contribution is 2.03. The Morgan fingerprint density at radius 2 is 2.62 bits per heavy atom. The number of hydrogen-bond acceptors (Lipinski definition) is 2. The molecule has 0 aromatic carbocycles. The van der Waals surface area contributed by atoms with Gasteiger partial charge in [0, 0.05) is 0 Å². The maximum atomic E-state index is 4.86. The summed E-state index contributed by atoms with van der Waals surface area (Å²) in [5, 5.41) is 0. The lowest BCUT2D eigenvalue weighted by Gasteiger charge is -1.86. The van der Waals surface area contributed by atoms with Crippen LogP contribution in [0.1, 0.15) is 6.92 Å². The van der Waals surface area contributed by atoms with Crippen molar-refractivity contribution in [3.8, 4) is 11.8 Å². The van der Waals surface area contributed by atoms with Gasteiger partial charge < -0.3 is 9.47 Å². The van der Waals surface area contributed by atoms with E-state index in [4.69, 9.17) is 9.47 Å². The summed E-state index contributed by atoms with van der Waals surface area (Å²) in [6.45, 7) is 2.06. The Labute approximate surface area is 48.1 Å². The third kappa shape index (κ3) is 0.941. The summed E-state index contributed by atoms with van der Waals surface area (Å²) in [5.41, 5.74) is 0. The fourth-order valence-electron chi connectivity index (χ4n) is 0.430. The minimum absolute atomic E-state index is 0.310. The summed E-state index contributed by atoms with van der Waals surface area (Å²) in [4.78, 5) is 0. The van der Waals surface area contributed by atoms with Crippen LogP contribution in [0, 0.1) is 11.8 Å². The molecule has 0 unspecified atom stereocenters. The molecule has 0 N–H and O–H groups in total. The highest BCUT2D eigenvalue weighted by Gasteiger charge is 1.99. The van der Waals surface area contributed by atoms with Crippen LogP contribution in [0.15, 0.2) is 12.0 Å². The topological polar surface area (TPSA) is 18.5 Å². The van der Waals surface area contributed by atoms with Gasteiger partial charge in [-0.2, -0.15) is 0 Å². The van der Waals surface area contributed by atoms with Gasteiger partial charge in [-0.3, -0.25) is 0 Å². The van der Waals surface area contributed by atoms with E-state index in [-0.39, 0.29) is 0 Å². The number of ether oxygens (including phenoxy) is 2. The van der Waals surface area contributed by atoms with Crippen molar-refractivity contribution in [3.63, 3.8) is 0 Å². The third-order valence-corrected chi connectivity index (χ3v) is 0.721. The van der Waals surface area contributed by atoms with E-state index in [0.29, 0.717) is 12.6 Å². The fourth-order valence-corrected chi connectivity index (χ4v) is 0.430. The van der Waals surface area contributed by atoms with Crippen molar-refractivity contribution in [2.45, 2.75) is 6.92 Å². The zero-order valence-corrected chi connectivity index (χ0v) is 4.60. The largest absolute Gasteiger partial charge is 0.460 e. The lowest BCUT2D eigenvalue weighted by molar-refractivity contribution is 0.0855. The predicted molar refractivity (Wildman–Crippen MR) is 28.6 cm³/mol. The lowest BCUT2D eigenvalue weighted by Crippen LogP contribution is -1.80. The van der Waals surface area contributed by atoms with Gasteiger partial charge in [0.1, 0.15) is 6.26 Å². The van der Waals surface area contributed by atoms with Crippen LogP contribution >= 0.6 is 0 Å². The second-order valence-corrected chi connectivity index (χ2v) is 1.29. The van der Waals surface area contributed by atoms with Crippen molar-refractivity contribution >= 4 is 0 Å². The Kier molecular flexibility index (Phi) is 1.43. The highest BCUT2D eigenvalue weighted by molar-refractivity contribution is 5.21. The van der Waals surface area contributed by atoms with E-state index in [1.54, 1.807) is 6.92 Å². The smallest absolute Gasteiger partial charge is 0.231 e. The number of hydrogen-bond donors (Lipinski definition) is 0. The molecule has 0 atom stereocenters. The van der Waals surface area contributed by atoms with E-state index < -0.39 is 0 Å². The Bertz CT molecular complexity index is 159. The minimum atomic E-state index is 0.310. The van der Waals surface area contributed by atoms with Crippen molar-refractivity contribution in [2.24, 2.45) is 0 Å². The molecule has 0 radical (unpaired) electrons. The van der Waals surface area contributed by atoms with E-state index in [2.05, 4.69) is 11.8 Å². The van der Waals surface area contributed by atoms with E-state index in [1.807, 2.05) is 0 Å². The molecular formula is C6H6O2. The Morgan fingerprint density at radius 3 is 3.12 bits per heavy atom. The van der Waals surface area contributed by atoms with Crippen LogP contribution in [0.4, 0.5) is 0 Å². The Morgan fingerprint density at radius 1 is 1.75 bits per heavy atom. The molecule has 0 saturated carbocycles. The van der Waals surface area contributed by atoms with Crippen molar-refractivity contribution < 1.29 is 9.47 Å². The number of rotatable bonds is 0. The van der Waals surface area contributed by atoms with Gasteiger partial charge in [-0.25, -0.2) is 0 Å². The first-order chi connectivity index (χ1) is 3.93. The second kappa shape index (κ2) is 2.27. The molecule has 0 aromatic heterocycles. The van der Waals surface area contributed by atoms with E-state index >= 15 is 0 Å². The molecule has 0 amide bonds. The quantitative estimate of drug-likeness (QED) is 0.430. The molecule has 42 valence electrons. The summed E-state index contributed by atoms with van der Waals surface area (Å²) in [6, 6.07) is 0. The van der Waals surface area contributed by atoms with Gasteiger partial charge in [0.25, 0.3) is 0 Å². The van der Waals surface area contributed by atoms with Crippen molar-refractivity contribution in [2.75, 3.05) is 6.79 Å². The molecule has 1 heterocycles. The average Bonchev–Trinajstić information content (AvgIpc) is 2.19. The molecule has 0 spiro atoms. The SMILES string of the molecule is CC#CC1=COCO1. The summed E-state index contributed by atoms with van der Waals surface area (Å²) < 4.78 is 9.58. The molecule has 0 saturated heterocycles. The molecule has 2 heteroatoms. The summed E-state index contributed by atoms with van der Waals surface area (Å²) in [7, 11) is 0. The summed E-state index contributed by atoms with van der Waals surface area (Å²) >= 11 is 0. The van der Waals surface area contributed by atoms with Crippen molar-refractivity contribution in [1.29, 1.82) is 0 Å². The molecule has 0 aliphatic carbocycles. The maximum absolute atomic E-state index is 4.86. The summed E-state index contributed by atoms with van der Waals surface area (Å²) in [5.74, 6) is 6.01. The zero-order valence-electron chi connectivity index (χ0n) is 4.60. The van der Waals surface area contributed by atoms with Crippen LogP contribution < -0.4 is 0 Å². The monoisotopic (exact) mass is 110 g/mol. The summed E-state index contributed by atoms with van der Waals surface area (Å²) in [6.07, 6.45) is 1.51. The van der Waals surface area contributed by atoms with Gasteiger partial charge in [0.15, 0.2) is 0 Å². The Hall–Kier alpha value is -1.10.